The fourth-order valence-electron chi connectivity index (χ4n) is 1.60. The van der Waals surface area contributed by atoms with E-state index in [1.807, 2.05) is 0 Å². The molecule has 1 aromatic heterocycles. The van der Waals surface area contributed by atoms with Crippen LogP contribution in [0.1, 0.15) is 5.56 Å². The number of nitrogens with one attached hydrogen (secondary N) is 1. The second-order valence-electron chi connectivity index (χ2n) is 4.18. The quantitative estimate of drug-likeness (QED) is 0.673. The average molecular weight is 294 g/mol. The number of aliphatic imine (C=N–C) groups is 1. The van der Waals surface area contributed by atoms with Crippen molar-refractivity contribution in [3.05, 3.63) is 60.3 Å². The molecule has 2 rings (SSSR count). The molecule has 2 aromatic rings. The van der Waals surface area contributed by atoms with E-state index < -0.39 is 12.3 Å². The fourth-order valence-corrected chi connectivity index (χ4v) is 1.60. The molecule has 7 heteroatoms. The Balaban J connectivity index is 2.25. The average Bonchev–Trinajstić information content (AvgIpc) is 2.47. The molecule has 110 valence electrons. The zero-order chi connectivity index (χ0) is 15.3. The molecule has 0 saturated carbocycles. The van der Waals surface area contributed by atoms with E-state index in [4.69, 9.17) is 5.73 Å². The first-order valence-corrected chi connectivity index (χ1v) is 6.10. The van der Waals surface area contributed by atoms with Gasteiger partial charge in [-0.25, -0.2) is 9.98 Å². The molecule has 1 heterocycles. The second-order valence-corrected chi connectivity index (χ2v) is 4.18. The molecule has 1 atom stereocenters. The second kappa shape index (κ2) is 6.25. The fraction of sp³-hybridized carbons (Fsp3) is 0.143. The number of hydrogen-bond acceptors (Lipinski definition) is 3. The molecule has 0 saturated heterocycles. The van der Waals surface area contributed by atoms with Crippen LogP contribution in [0.25, 0.3) is 0 Å². The Morgan fingerprint density at radius 2 is 1.76 bits per heavy atom. The van der Waals surface area contributed by atoms with Gasteiger partial charge < -0.3 is 11.1 Å². The number of alkyl halides is 3. The summed E-state index contributed by atoms with van der Waals surface area (Å²) in [6.07, 6.45) is -5.36. The van der Waals surface area contributed by atoms with Gasteiger partial charge in [0.15, 0.2) is 0 Å². The molecule has 0 aliphatic carbocycles. The standard InChI is InChI=1S/C14H13F3N4/c15-14(16,17)13(20-11-8-4-5-9-19-11)21-12(18)10-6-2-1-3-7-10/h1-9,13H,(H2,18,21)(H,19,20). The third kappa shape index (κ3) is 4.20. The highest BCUT2D eigenvalue weighted by Gasteiger charge is 2.40. The van der Waals surface area contributed by atoms with Gasteiger partial charge in [0.1, 0.15) is 11.7 Å². The molecule has 4 nitrogen and oxygen atoms in total. The molecule has 0 bridgehead atoms. The van der Waals surface area contributed by atoms with Gasteiger partial charge in [-0.1, -0.05) is 36.4 Å². The van der Waals surface area contributed by atoms with Crippen molar-refractivity contribution in [2.45, 2.75) is 12.3 Å². The van der Waals surface area contributed by atoms with E-state index in [2.05, 4.69) is 15.3 Å². The van der Waals surface area contributed by atoms with Gasteiger partial charge in [-0.05, 0) is 12.1 Å². The molecular formula is C14H13F3N4. The highest BCUT2D eigenvalue weighted by molar-refractivity contribution is 5.97. The van der Waals surface area contributed by atoms with E-state index in [0.717, 1.165) is 0 Å². The van der Waals surface area contributed by atoms with Gasteiger partial charge in [-0.2, -0.15) is 13.2 Å². The maximum absolute atomic E-state index is 13.0. The monoisotopic (exact) mass is 294 g/mol. The van der Waals surface area contributed by atoms with E-state index >= 15 is 0 Å². The molecule has 0 fully saturated rings. The normalized spacial score (nSPS) is 13.8. The smallest absolute Gasteiger partial charge is 0.383 e. The zero-order valence-corrected chi connectivity index (χ0v) is 10.9. The summed E-state index contributed by atoms with van der Waals surface area (Å²) >= 11 is 0. The van der Waals surface area contributed by atoms with Gasteiger partial charge in [0.2, 0.25) is 6.17 Å². The number of anilines is 1. The molecule has 0 amide bonds. The highest BCUT2D eigenvalue weighted by atomic mass is 19.4. The van der Waals surface area contributed by atoms with Gasteiger partial charge in [-0.15, -0.1) is 0 Å². The minimum atomic E-state index is -4.59. The van der Waals surface area contributed by atoms with Gasteiger partial charge in [0.05, 0.1) is 0 Å². The predicted molar refractivity (Wildman–Crippen MR) is 74.9 cm³/mol. The Morgan fingerprint density at radius 3 is 2.33 bits per heavy atom. The van der Waals surface area contributed by atoms with Gasteiger partial charge in [-0.3, -0.25) is 0 Å². The van der Waals surface area contributed by atoms with E-state index in [-0.39, 0.29) is 11.7 Å². The largest absolute Gasteiger partial charge is 0.429 e. The van der Waals surface area contributed by atoms with Gasteiger partial charge in [0, 0.05) is 11.8 Å². The topological polar surface area (TPSA) is 63.3 Å². The number of benzene rings is 1. The number of nitrogens with zero attached hydrogens (tertiary/aromatic N) is 2. The van der Waals surface area contributed by atoms with Crippen molar-refractivity contribution in [3.63, 3.8) is 0 Å². The minimum Gasteiger partial charge on any atom is -0.383 e. The van der Waals surface area contributed by atoms with Crippen LogP contribution in [0.4, 0.5) is 19.0 Å². The number of nitrogens with two attached hydrogens (primary N) is 1. The Kier molecular flexibility index (Phi) is 4.42. The van der Waals surface area contributed by atoms with Crippen LogP contribution in [-0.2, 0) is 0 Å². The highest BCUT2D eigenvalue weighted by Crippen LogP contribution is 2.24. The van der Waals surface area contributed by atoms with Crippen molar-refractivity contribution < 1.29 is 13.2 Å². The van der Waals surface area contributed by atoms with Crippen LogP contribution in [0.2, 0.25) is 0 Å². The van der Waals surface area contributed by atoms with E-state index in [1.54, 1.807) is 42.5 Å². The molecule has 0 aliphatic heterocycles. The summed E-state index contributed by atoms with van der Waals surface area (Å²) in [6, 6.07) is 12.9. The maximum Gasteiger partial charge on any atom is 0.429 e. The van der Waals surface area contributed by atoms with Crippen LogP contribution in [0.5, 0.6) is 0 Å². The Bertz CT molecular complexity index is 597. The van der Waals surface area contributed by atoms with Crippen LogP contribution < -0.4 is 11.1 Å². The van der Waals surface area contributed by atoms with Crippen molar-refractivity contribution in [2.24, 2.45) is 10.7 Å². The first kappa shape index (κ1) is 14.8. The Morgan fingerprint density at radius 1 is 1.10 bits per heavy atom. The molecule has 0 spiro atoms. The third-order valence-electron chi connectivity index (χ3n) is 2.60. The first-order chi connectivity index (χ1) is 9.97. The number of amidine groups is 1. The molecule has 0 aliphatic rings. The molecule has 1 unspecified atom stereocenters. The summed E-state index contributed by atoms with van der Waals surface area (Å²) < 4.78 is 39.1. The lowest BCUT2D eigenvalue weighted by atomic mass is 10.2. The van der Waals surface area contributed by atoms with E-state index in [1.165, 1.54) is 12.3 Å². The molecule has 3 N–H and O–H groups in total. The van der Waals surface area contributed by atoms with Gasteiger partial charge >= 0.3 is 6.18 Å². The van der Waals surface area contributed by atoms with Crippen molar-refractivity contribution >= 4 is 11.7 Å². The van der Waals surface area contributed by atoms with Crippen LogP contribution >= 0.6 is 0 Å². The molecular weight excluding hydrogens is 281 g/mol. The molecule has 1 aromatic carbocycles. The summed E-state index contributed by atoms with van der Waals surface area (Å²) in [5, 5.41) is 2.22. The number of halogens is 3. The van der Waals surface area contributed by atoms with Crippen molar-refractivity contribution in [3.8, 4) is 0 Å². The van der Waals surface area contributed by atoms with Crippen molar-refractivity contribution in [2.75, 3.05) is 5.32 Å². The summed E-state index contributed by atoms with van der Waals surface area (Å²) in [5.41, 5.74) is 6.06. The van der Waals surface area contributed by atoms with Crippen LogP contribution in [0.3, 0.4) is 0 Å². The minimum absolute atomic E-state index is 0.0736. The van der Waals surface area contributed by atoms with E-state index in [9.17, 15) is 13.2 Å². The summed E-state index contributed by atoms with van der Waals surface area (Å²) in [6.45, 7) is 0. The van der Waals surface area contributed by atoms with Crippen molar-refractivity contribution in [1.29, 1.82) is 0 Å². The molecule has 0 radical (unpaired) electrons. The SMILES string of the molecule is NC(=NC(Nc1ccccn1)C(F)(F)F)c1ccccc1. The van der Waals surface area contributed by atoms with Crippen LogP contribution in [0, 0.1) is 0 Å². The lowest BCUT2D eigenvalue weighted by molar-refractivity contribution is -0.140. The lowest BCUT2D eigenvalue weighted by Crippen LogP contribution is -2.37. The first-order valence-electron chi connectivity index (χ1n) is 6.10. The summed E-state index contributed by atoms with van der Waals surface area (Å²) in [4.78, 5) is 7.32. The van der Waals surface area contributed by atoms with Gasteiger partial charge in [0.25, 0.3) is 0 Å². The number of rotatable bonds is 4. The van der Waals surface area contributed by atoms with E-state index in [0.29, 0.717) is 5.56 Å². The van der Waals surface area contributed by atoms with Crippen LogP contribution in [-0.4, -0.2) is 23.2 Å². The lowest BCUT2D eigenvalue weighted by Gasteiger charge is -2.19. The zero-order valence-electron chi connectivity index (χ0n) is 10.9. The predicted octanol–water partition coefficient (Wildman–Crippen LogP) is 2.79. The Hall–Kier alpha value is -2.57. The third-order valence-corrected chi connectivity index (χ3v) is 2.60. The summed E-state index contributed by atoms with van der Waals surface area (Å²) in [7, 11) is 0. The van der Waals surface area contributed by atoms with Crippen LogP contribution in [0.15, 0.2) is 59.7 Å². The van der Waals surface area contributed by atoms with Crippen molar-refractivity contribution in [1.82, 2.24) is 4.98 Å². The summed E-state index contributed by atoms with van der Waals surface area (Å²) in [5.74, 6) is -0.120. The molecule has 21 heavy (non-hydrogen) atoms. The number of aromatic nitrogens is 1. The number of pyridine rings is 1. The maximum atomic E-state index is 13.0. The number of hydrogen-bond donors (Lipinski definition) is 2. The Labute approximate surface area is 119 Å².